The molecular formula is C77H146O6. The van der Waals surface area contributed by atoms with Gasteiger partial charge in [-0.05, 0) is 70.6 Å². The molecule has 0 aromatic carbocycles. The summed E-state index contributed by atoms with van der Waals surface area (Å²) in [5.41, 5.74) is 0. The topological polar surface area (TPSA) is 78.9 Å². The molecule has 6 nitrogen and oxygen atoms in total. The molecule has 0 rings (SSSR count). The molecule has 0 heterocycles. The fraction of sp³-hybridized carbons (Fsp3) is 0.909. The highest BCUT2D eigenvalue weighted by atomic mass is 16.6. The van der Waals surface area contributed by atoms with Crippen LogP contribution in [0.2, 0.25) is 0 Å². The van der Waals surface area contributed by atoms with Crippen LogP contribution in [0.5, 0.6) is 0 Å². The van der Waals surface area contributed by atoms with Gasteiger partial charge in [0.1, 0.15) is 13.2 Å². The zero-order valence-corrected chi connectivity index (χ0v) is 56.5. The number of hydrogen-bond acceptors (Lipinski definition) is 6. The summed E-state index contributed by atoms with van der Waals surface area (Å²) in [4.78, 5) is 38.5. The monoisotopic (exact) mass is 1170 g/mol. The number of hydrogen-bond donors (Lipinski definition) is 0. The highest BCUT2D eigenvalue weighted by Crippen LogP contribution is 2.19. The fourth-order valence-electron chi connectivity index (χ4n) is 11.7. The average molecular weight is 1170 g/mol. The van der Waals surface area contributed by atoms with Gasteiger partial charge in [0.25, 0.3) is 0 Å². The summed E-state index contributed by atoms with van der Waals surface area (Å²) in [6, 6.07) is 0. The van der Waals surface area contributed by atoms with E-state index in [-0.39, 0.29) is 31.1 Å². The van der Waals surface area contributed by atoms with Crippen LogP contribution in [0.15, 0.2) is 24.3 Å². The highest BCUT2D eigenvalue weighted by Gasteiger charge is 2.20. The summed E-state index contributed by atoms with van der Waals surface area (Å²) in [7, 11) is 0. The van der Waals surface area contributed by atoms with Gasteiger partial charge in [0.05, 0.1) is 0 Å². The second kappa shape index (κ2) is 72.4. The number of unbranched alkanes of at least 4 members (excludes halogenated alkanes) is 56. The molecule has 0 bridgehead atoms. The summed E-state index contributed by atoms with van der Waals surface area (Å²) in [6.07, 6.45) is 89.4. The van der Waals surface area contributed by atoms with Gasteiger partial charge < -0.3 is 14.2 Å². The highest BCUT2D eigenvalue weighted by molar-refractivity contribution is 5.71. The molecule has 1 unspecified atom stereocenters. The Kier molecular flexibility index (Phi) is 70.5. The van der Waals surface area contributed by atoms with Gasteiger partial charge in [-0.2, -0.15) is 0 Å². The number of carbonyl (C=O) groups is 3. The number of ether oxygens (including phenoxy) is 3. The van der Waals surface area contributed by atoms with Crippen LogP contribution >= 0.6 is 0 Å². The molecule has 0 saturated carbocycles. The first-order valence-electron chi connectivity index (χ1n) is 37.8. The summed E-state index contributed by atoms with van der Waals surface area (Å²) in [5, 5.41) is 0. The van der Waals surface area contributed by atoms with E-state index >= 15 is 0 Å². The molecule has 0 amide bonds. The van der Waals surface area contributed by atoms with E-state index < -0.39 is 6.10 Å². The van der Waals surface area contributed by atoms with Crippen molar-refractivity contribution in [3.05, 3.63) is 24.3 Å². The van der Waals surface area contributed by atoms with Crippen molar-refractivity contribution in [1.29, 1.82) is 0 Å². The molecule has 0 aromatic heterocycles. The van der Waals surface area contributed by atoms with E-state index in [1.165, 1.54) is 334 Å². The minimum atomic E-state index is -0.773. The molecule has 6 heteroatoms. The van der Waals surface area contributed by atoms with Crippen LogP contribution in [-0.2, 0) is 28.6 Å². The van der Waals surface area contributed by atoms with Gasteiger partial charge in [0, 0.05) is 19.3 Å². The van der Waals surface area contributed by atoms with Gasteiger partial charge in [-0.3, -0.25) is 14.4 Å². The number of carbonyl (C=O) groups excluding carboxylic acids is 3. The summed E-state index contributed by atoms with van der Waals surface area (Å²) >= 11 is 0. The second-order valence-corrected chi connectivity index (χ2v) is 25.9. The first-order valence-corrected chi connectivity index (χ1v) is 37.8. The molecule has 83 heavy (non-hydrogen) atoms. The summed E-state index contributed by atoms with van der Waals surface area (Å²) in [6.45, 7) is 6.72. The van der Waals surface area contributed by atoms with Crippen molar-refractivity contribution < 1.29 is 28.6 Å². The fourth-order valence-corrected chi connectivity index (χ4v) is 11.7. The molecule has 0 spiro atoms. The van der Waals surface area contributed by atoms with E-state index in [1.54, 1.807) is 0 Å². The average Bonchev–Trinajstić information content (AvgIpc) is 3.49. The maximum atomic E-state index is 13.0. The Hall–Kier alpha value is -2.11. The zero-order chi connectivity index (χ0) is 59.9. The largest absolute Gasteiger partial charge is 0.462 e. The Morgan fingerprint density at radius 2 is 0.398 bits per heavy atom. The number of rotatable bonds is 71. The number of allylic oxidation sites excluding steroid dienone is 4. The molecule has 1 atom stereocenters. The molecule has 0 aliphatic carbocycles. The van der Waals surface area contributed by atoms with Gasteiger partial charge in [-0.25, -0.2) is 0 Å². The molecular weight excluding hydrogens is 1020 g/mol. The van der Waals surface area contributed by atoms with Gasteiger partial charge >= 0.3 is 17.9 Å². The molecule has 0 aromatic rings. The van der Waals surface area contributed by atoms with E-state index in [4.69, 9.17) is 14.2 Å². The Morgan fingerprint density at radius 1 is 0.229 bits per heavy atom. The molecule has 0 radical (unpaired) electrons. The Balaban J connectivity index is 4.21. The lowest BCUT2D eigenvalue weighted by atomic mass is 10.0. The molecule has 0 aliphatic heterocycles. The van der Waals surface area contributed by atoms with Crippen LogP contribution in [0, 0.1) is 0 Å². The SMILES string of the molecule is CCCCCCCC/C=C\CCCCCCCCCCCC(=O)OC(COC(=O)CCCCCCCCC/C=C\CCCCCCCC)COC(=O)CCCCCCCCCCCCCCCCCCCCCCCCCCCCCCC. The van der Waals surface area contributed by atoms with Crippen LogP contribution in [0.1, 0.15) is 432 Å². The second-order valence-electron chi connectivity index (χ2n) is 25.9. The molecule has 0 N–H and O–H groups in total. The van der Waals surface area contributed by atoms with E-state index in [1.807, 2.05) is 0 Å². The van der Waals surface area contributed by atoms with Crippen LogP contribution in [0.3, 0.4) is 0 Å². The van der Waals surface area contributed by atoms with E-state index in [9.17, 15) is 14.4 Å². The van der Waals surface area contributed by atoms with Crippen molar-refractivity contribution in [1.82, 2.24) is 0 Å². The van der Waals surface area contributed by atoms with E-state index in [2.05, 4.69) is 45.1 Å². The van der Waals surface area contributed by atoms with Crippen LogP contribution in [0.25, 0.3) is 0 Å². The lowest BCUT2D eigenvalue weighted by Crippen LogP contribution is -2.30. The Bertz CT molecular complexity index is 1340. The van der Waals surface area contributed by atoms with E-state index in [0.717, 1.165) is 57.8 Å². The van der Waals surface area contributed by atoms with Gasteiger partial charge in [0.15, 0.2) is 6.10 Å². The Labute approximate surface area is 519 Å². The van der Waals surface area contributed by atoms with Crippen molar-refractivity contribution in [2.75, 3.05) is 13.2 Å². The molecule has 0 saturated heterocycles. The quantitative estimate of drug-likeness (QED) is 0.0261. The predicted molar refractivity (Wildman–Crippen MR) is 363 cm³/mol. The van der Waals surface area contributed by atoms with Gasteiger partial charge in [0.2, 0.25) is 0 Å². The van der Waals surface area contributed by atoms with Crippen molar-refractivity contribution >= 4 is 17.9 Å². The smallest absolute Gasteiger partial charge is 0.306 e. The Morgan fingerprint density at radius 3 is 0.602 bits per heavy atom. The van der Waals surface area contributed by atoms with E-state index in [0.29, 0.717) is 19.3 Å². The molecule has 490 valence electrons. The third-order valence-corrected chi connectivity index (χ3v) is 17.4. The summed E-state index contributed by atoms with van der Waals surface area (Å²) < 4.78 is 17.0. The minimum absolute atomic E-state index is 0.0676. The van der Waals surface area contributed by atoms with Crippen molar-refractivity contribution in [3.63, 3.8) is 0 Å². The lowest BCUT2D eigenvalue weighted by molar-refractivity contribution is -0.167. The third-order valence-electron chi connectivity index (χ3n) is 17.4. The lowest BCUT2D eigenvalue weighted by Gasteiger charge is -2.18. The normalized spacial score (nSPS) is 12.1. The third kappa shape index (κ3) is 70.5. The van der Waals surface area contributed by atoms with Crippen LogP contribution < -0.4 is 0 Å². The maximum absolute atomic E-state index is 13.0. The van der Waals surface area contributed by atoms with Crippen molar-refractivity contribution in [3.8, 4) is 0 Å². The zero-order valence-electron chi connectivity index (χ0n) is 56.5. The predicted octanol–water partition coefficient (Wildman–Crippen LogP) is 26.1. The first kappa shape index (κ1) is 80.9. The van der Waals surface area contributed by atoms with Gasteiger partial charge in [-0.1, -0.05) is 366 Å². The maximum Gasteiger partial charge on any atom is 0.306 e. The summed E-state index contributed by atoms with van der Waals surface area (Å²) in [5.74, 6) is -0.840. The minimum Gasteiger partial charge on any atom is -0.462 e. The van der Waals surface area contributed by atoms with Crippen LogP contribution in [-0.4, -0.2) is 37.2 Å². The van der Waals surface area contributed by atoms with Crippen molar-refractivity contribution in [2.24, 2.45) is 0 Å². The van der Waals surface area contributed by atoms with Crippen molar-refractivity contribution in [2.45, 2.75) is 438 Å². The first-order chi connectivity index (χ1) is 41.0. The molecule has 0 fully saturated rings. The van der Waals surface area contributed by atoms with Crippen LogP contribution in [0.4, 0.5) is 0 Å². The number of esters is 3. The van der Waals surface area contributed by atoms with Gasteiger partial charge in [-0.15, -0.1) is 0 Å². The molecule has 0 aliphatic rings. The standard InChI is InChI=1S/C77H146O6/c1-4-7-10-13-16-19-22-25-28-31-33-34-35-36-37-38-39-40-41-42-44-46-49-52-55-58-61-64-67-70-76(79)82-73-74(72-81-75(78)69-66-63-60-57-54-51-48-45-30-27-24-21-18-15-12-9-6-3)83-77(80)71-68-65-62-59-56-53-50-47-43-32-29-26-23-20-17-14-11-8-5-2/h26-27,29-30,74H,4-25,28,31-73H2,1-3H3/b29-26-,30-27-.